The molecule has 0 atom stereocenters. The first-order chi connectivity index (χ1) is 11.2. The van der Waals surface area contributed by atoms with Gasteiger partial charge < -0.3 is 10.3 Å². The number of fused-ring (bicyclic) bond motifs is 1. The van der Waals surface area contributed by atoms with Gasteiger partial charge in [0.1, 0.15) is 0 Å². The first-order valence-corrected chi connectivity index (χ1v) is 10.1. The van der Waals surface area contributed by atoms with Crippen LogP contribution in [0.5, 0.6) is 0 Å². The molecular weight excluding hydrogens is 398 g/mol. The molecule has 3 heterocycles. The average Bonchev–Trinajstić information content (AvgIpc) is 3.13. The van der Waals surface area contributed by atoms with E-state index in [2.05, 4.69) is 46.3 Å². The molecule has 122 valence electrons. The summed E-state index contributed by atoms with van der Waals surface area (Å²) in [6.45, 7) is 2.84. The molecule has 23 heavy (non-hydrogen) atoms. The molecule has 0 bridgehead atoms. The maximum atomic E-state index is 4.49. The van der Waals surface area contributed by atoms with E-state index in [9.17, 15) is 0 Å². The summed E-state index contributed by atoms with van der Waals surface area (Å²) in [7, 11) is 0. The molecular formula is C13H16BrN7S2. The monoisotopic (exact) mass is 413 g/mol. The van der Waals surface area contributed by atoms with Crippen molar-refractivity contribution in [3.63, 3.8) is 0 Å². The van der Waals surface area contributed by atoms with Gasteiger partial charge in [-0.05, 0) is 29.1 Å². The number of imidazole rings is 1. The van der Waals surface area contributed by atoms with Crippen LogP contribution < -0.4 is 5.32 Å². The Morgan fingerprint density at radius 2 is 2.26 bits per heavy atom. The van der Waals surface area contributed by atoms with Crippen molar-refractivity contribution in [2.24, 2.45) is 0 Å². The third-order valence-electron chi connectivity index (χ3n) is 3.19. The first kappa shape index (κ1) is 16.6. The lowest BCUT2D eigenvalue weighted by Gasteiger charge is -2.08. The maximum Gasteiger partial charge on any atom is 0.228 e. The zero-order chi connectivity index (χ0) is 16.2. The van der Waals surface area contributed by atoms with Gasteiger partial charge in [-0.2, -0.15) is 26.4 Å². The van der Waals surface area contributed by atoms with E-state index in [-0.39, 0.29) is 0 Å². The number of hydrogen-bond acceptors (Lipinski definition) is 7. The lowest BCUT2D eigenvalue weighted by atomic mass is 10.4. The smallest absolute Gasteiger partial charge is 0.228 e. The van der Waals surface area contributed by atoms with E-state index in [4.69, 9.17) is 0 Å². The molecule has 10 heteroatoms. The molecule has 0 fully saturated rings. The molecule has 0 aliphatic heterocycles. The molecule has 0 saturated heterocycles. The van der Waals surface area contributed by atoms with Gasteiger partial charge in [0.05, 0.1) is 22.7 Å². The van der Waals surface area contributed by atoms with E-state index in [1.807, 2.05) is 24.9 Å². The van der Waals surface area contributed by atoms with Crippen molar-refractivity contribution in [2.75, 3.05) is 23.9 Å². The number of H-pyrrole nitrogens is 1. The molecule has 3 rings (SSSR count). The maximum absolute atomic E-state index is 4.49. The predicted octanol–water partition coefficient (Wildman–Crippen LogP) is 2.99. The number of aromatic nitrogens is 6. The van der Waals surface area contributed by atoms with Gasteiger partial charge in [0.25, 0.3) is 0 Å². The van der Waals surface area contributed by atoms with Gasteiger partial charge in [-0.25, -0.2) is 9.97 Å². The molecule has 7 nitrogen and oxygen atoms in total. The fourth-order valence-corrected chi connectivity index (χ4v) is 3.55. The lowest BCUT2D eigenvalue weighted by molar-refractivity contribution is 0.835. The Bertz CT molecular complexity index is 801. The fourth-order valence-electron chi connectivity index (χ4n) is 1.97. The van der Waals surface area contributed by atoms with Crippen LogP contribution in [0.25, 0.3) is 5.65 Å². The fraction of sp³-hybridized carbons (Fsp3) is 0.385. The quantitative estimate of drug-likeness (QED) is 0.454. The average molecular weight is 414 g/mol. The third-order valence-corrected chi connectivity index (χ3v) is 5.27. The van der Waals surface area contributed by atoms with Crippen molar-refractivity contribution in [1.29, 1.82) is 0 Å². The number of aromatic amines is 1. The standard InChI is InChI=1S/C13H16BrN7S2/c1-8-10(17-7-16-8)6-23-4-3-15-12-20-13(22-2)19-11-9(14)5-18-21(11)12/h5,7H,3-4,6H2,1-2H3,(H,16,17)(H,15,19,20). The van der Waals surface area contributed by atoms with E-state index in [0.717, 1.165) is 44.7 Å². The molecule has 0 amide bonds. The zero-order valence-corrected chi connectivity index (χ0v) is 15.9. The summed E-state index contributed by atoms with van der Waals surface area (Å²) in [5.41, 5.74) is 3.01. The SMILES string of the molecule is CSc1nc(NCCSCc2nc[nH]c2C)n2ncc(Br)c2n1. The van der Waals surface area contributed by atoms with Crippen LogP contribution in [0.3, 0.4) is 0 Å². The molecule has 0 unspecified atom stereocenters. The van der Waals surface area contributed by atoms with Gasteiger partial charge in [-0.3, -0.25) is 0 Å². The summed E-state index contributed by atoms with van der Waals surface area (Å²) in [6, 6.07) is 0. The Morgan fingerprint density at radius 3 is 3.00 bits per heavy atom. The van der Waals surface area contributed by atoms with Crippen molar-refractivity contribution in [1.82, 2.24) is 29.5 Å². The number of thioether (sulfide) groups is 2. The molecule has 0 radical (unpaired) electrons. The molecule has 0 saturated carbocycles. The van der Waals surface area contributed by atoms with Gasteiger partial charge in [0, 0.05) is 23.7 Å². The van der Waals surface area contributed by atoms with Crippen LogP contribution in [0.4, 0.5) is 5.95 Å². The van der Waals surface area contributed by atoms with Crippen LogP contribution in [-0.4, -0.2) is 48.1 Å². The Kier molecular flexibility index (Phi) is 5.44. The molecule has 3 aromatic heterocycles. The lowest BCUT2D eigenvalue weighted by Crippen LogP contribution is -2.12. The van der Waals surface area contributed by atoms with E-state index in [1.54, 1.807) is 17.0 Å². The summed E-state index contributed by atoms with van der Waals surface area (Å²) < 4.78 is 2.58. The van der Waals surface area contributed by atoms with Crippen LogP contribution >= 0.6 is 39.5 Å². The highest BCUT2D eigenvalue weighted by Crippen LogP contribution is 2.21. The predicted molar refractivity (Wildman–Crippen MR) is 98.2 cm³/mol. The molecule has 3 aromatic rings. The first-order valence-electron chi connectivity index (χ1n) is 6.94. The second kappa shape index (κ2) is 7.54. The van der Waals surface area contributed by atoms with Gasteiger partial charge in [-0.1, -0.05) is 11.8 Å². The van der Waals surface area contributed by atoms with Gasteiger partial charge in [0.2, 0.25) is 5.95 Å². The summed E-state index contributed by atoms with van der Waals surface area (Å²) in [5.74, 6) is 2.57. The minimum absolute atomic E-state index is 0.710. The summed E-state index contributed by atoms with van der Waals surface area (Å²) in [6.07, 6.45) is 5.43. The van der Waals surface area contributed by atoms with E-state index in [0.29, 0.717) is 5.95 Å². The second-order valence-corrected chi connectivity index (χ2v) is 7.45. The van der Waals surface area contributed by atoms with Gasteiger partial charge in [0.15, 0.2) is 10.8 Å². The molecule has 0 aliphatic carbocycles. The minimum atomic E-state index is 0.710. The Balaban J connectivity index is 1.59. The molecule has 0 aliphatic rings. The number of rotatable bonds is 7. The van der Waals surface area contributed by atoms with Crippen LogP contribution in [0, 0.1) is 6.92 Å². The molecule has 0 aromatic carbocycles. The van der Waals surface area contributed by atoms with Crippen LogP contribution in [-0.2, 0) is 5.75 Å². The Hall–Kier alpha value is -1.26. The van der Waals surface area contributed by atoms with Crippen LogP contribution in [0.2, 0.25) is 0 Å². The third kappa shape index (κ3) is 3.81. The number of halogens is 1. The van der Waals surface area contributed by atoms with E-state index in [1.165, 1.54) is 11.8 Å². The van der Waals surface area contributed by atoms with E-state index >= 15 is 0 Å². The minimum Gasteiger partial charge on any atom is -0.353 e. The summed E-state index contributed by atoms with van der Waals surface area (Å²) in [4.78, 5) is 16.3. The molecule has 0 spiro atoms. The van der Waals surface area contributed by atoms with E-state index < -0.39 is 0 Å². The highest BCUT2D eigenvalue weighted by molar-refractivity contribution is 9.10. The summed E-state index contributed by atoms with van der Waals surface area (Å²) in [5, 5.41) is 8.36. The van der Waals surface area contributed by atoms with Crippen molar-refractivity contribution >= 4 is 51.0 Å². The number of nitrogens with one attached hydrogen (secondary N) is 2. The second-order valence-electron chi connectivity index (χ2n) is 4.72. The molecule has 2 N–H and O–H groups in total. The van der Waals surface area contributed by atoms with Gasteiger partial charge in [-0.15, -0.1) is 0 Å². The number of aryl methyl sites for hydroxylation is 1. The Labute approximate surface area is 150 Å². The highest BCUT2D eigenvalue weighted by Gasteiger charge is 2.11. The Morgan fingerprint density at radius 1 is 1.39 bits per heavy atom. The number of anilines is 1. The number of nitrogens with zero attached hydrogens (tertiary/aromatic N) is 5. The largest absolute Gasteiger partial charge is 0.353 e. The summed E-state index contributed by atoms with van der Waals surface area (Å²) >= 11 is 6.81. The topological polar surface area (TPSA) is 83.8 Å². The highest BCUT2D eigenvalue weighted by atomic mass is 79.9. The van der Waals surface area contributed by atoms with Crippen molar-refractivity contribution in [3.05, 3.63) is 28.4 Å². The van der Waals surface area contributed by atoms with Crippen molar-refractivity contribution in [2.45, 2.75) is 17.8 Å². The van der Waals surface area contributed by atoms with Crippen molar-refractivity contribution in [3.8, 4) is 0 Å². The van der Waals surface area contributed by atoms with Crippen molar-refractivity contribution < 1.29 is 0 Å². The van der Waals surface area contributed by atoms with Gasteiger partial charge >= 0.3 is 0 Å². The zero-order valence-electron chi connectivity index (χ0n) is 12.7. The van der Waals surface area contributed by atoms with Crippen LogP contribution in [0.15, 0.2) is 22.2 Å². The van der Waals surface area contributed by atoms with Crippen LogP contribution in [0.1, 0.15) is 11.4 Å². The normalized spacial score (nSPS) is 11.3. The number of hydrogen-bond donors (Lipinski definition) is 2.